The van der Waals surface area contributed by atoms with Crippen LogP contribution in [0.1, 0.15) is 55.6 Å². The lowest BCUT2D eigenvalue weighted by molar-refractivity contribution is 0.168. The number of nitrogens with zero attached hydrogens (tertiary/aromatic N) is 1. The highest BCUT2D eigenvalue weighted by Gasteiger charge is 2.25. The van der Waals surface area contributed by atoms with E-state index in [4.69, 9.17) is 9.72 Å². The molecular weight excluding hydrogens is 306 g/mol. The van der Waals surface area contributed by atoms with Gasteiger partial charge in [-0.05, 0) is 45.4 Å². The van der Waals surface area contributed by atoms with E-state index in [9.17, 15) is 4.79 Å². The van der Waals surface area contributed by atoms with Gasteiger partial charge in [-0.3, -0.25) is 4.98 Å². The van der Waals surface area contributed by atoms with Crippen LogP contribution in [-0.4, -0.2) is 37.4 Å². The SMILES string of the molecule is COC(=O)NCCOc1cc(C(C)NC2CC2)nc2c1CCCC2. The molecule has 2 aliphatic rings. The van der Waals surface area contributed by atoms with E-state index >= 15 is 0 Å². The van der Waals surface area contributed by atoms with Crippen LogP contribution in [0.4, 0.5) is 4.79 Å². The largest absolute Gasteiger partial charge is 0.491 e. The van der Waals surface area contributed by atoms with Crippen molar-refractivity contribution in [2.24, 2.45) is 0 Å². The Labute approximate surface area is 143 Å². The number of hydrogen-bond donors (Lipinski definition) is 2. The number of carbonyl (C=O) groups excluding carboxylic acids is 1. The number of pyridine rings is 1. The number of methoxy groups -OCH3 is 1. The Hall–Kier alpha value is -1.82. The van der Waals surface area contributed by atoms with Crippen LogP contribution in [0, 0.1) is 0 Å². The van der Waals surface area contributed by atoms with Gasteiger partial charge < -0.3 is 20.1 Å². The van der Waals surface area contributed by atoms with Gasteiger partial charge in [-0.15, -0.1) is 0 Å². The molecule has 1 aromatic rings. The van der Waals surface area contributed by atoms with Crippen LogP contribution in [0.5, 0.6) is 5.75 Å². The van der Waals surface area contributed by atoms with Crippen LogP contribution >= 0.6 is 0 Å². The monoisotopic (exact) mass is 333 g/mol. The summed E-state index contributed by atoms with van der Waals surface area (Å²) in [5, 5.41) is 6.24. The highest BCUT2D eigenvalue weighted by Crippen LogP contribution is 2.32. The van der Waals surface area contributed by atoms with E-state index in [1.807, 2.05) is 0 Å². The van der Waals surface area contributed by atoms with Crippen molar-refractivity contribution in [3.05, 3.63) is 23.0 Å². The molecule has 1 fully saturated rings. The van der Waals surface area contributed by atoms with Crippen molar-refractivity contribution in [1.82, 2.24) is 15.6 Å². The summed E-state index contributed by atoms with van der Waals surface area (Å²) in [5.74, 6) is 0.922. The third kappa shape index (κ3) is 4.38. The third-order valence-electron chi connectivity index (χ3n) is 4.60. The summed E-state index contributed by atoms with van der Waals surface area (Å²) in [6.45, 7) is 3.02. The number of aromatic nitrogens is 1. The molecule has 0 bridgehead atoms. The first-order valence-electron chi connectivity index (χ1n) is 8.90. The van der Waals surface area contributed by atoms with Gasteiger partial charge in [0.15, 0.2) is 0 Å². The van der Waals surface area contributed by atoms with Crippen LogP contribution in [0.25, 0.3) is 0 Å². The molecule has 24 heavy (non-hydrogen) atoms. The van der Waals surface area contributed by atoms with Crippen LogP contribution in [-0.2, 0) is 17.6 Å². The van der Waals surface area contributed by atoms with Gasteiger partial charge in [0.2, 0.25) is 0 Å². The fraction of sp³-hybridized carbons (Fsp3) is 0.667. The predicted octanol–water partition coefficient (Wildman–Crippen LogP) is 2.51. The predicted molar refractivity (Wildman–Crippen MR) is 91.4 cm³/mol. The molecular formula is C18H27N3O3. The van der Waals surface area contributed by atoms with Gasteiger partial charge in [-0.1, -0.05) is 0 Å². The van der Waals surface area contributed by atoms with Crippen molar-refractivity contribution in [2.45, 2.75) is 57.5 Å². The lowest BCUT2D eigenvalue weighted by Gasteiger charge is -2.22. The Bertz CT molecular complexity index is 587. The molecule has 6 nitrogen and oxygen atoms in total. The maximum atomic E-state index is 11.1. The van der Waals surface area contributed by atoms with Gasteiger partial charge in [0, 0.05) is 29.4 Å². The summed E-state index contributed by atoms with van der Waals surface area (Å²) in [4.78, 5) is 16.0. The summed E-state index contributed by atoms with van der Waals surface area (Å²) in [6.07, 6.45) is 6.51. The average Bonchev–Trinajstić information content (AvgIpc) is 3.42. The van der Waals surface area contributed by atoms with Crippen molar-refractivity contribution < 1.29 is 14.3 Å². The minimum Gasteiger partial charge on any atom is -0.491 e. The minimum atomic E-state index is -0.432. The second kappa shape index (κ2) is 7.83. The molecule has 1 amide bonds. The topological polar surface area (TPSA) is 72.5 Å². The molecule has 132 valence electrons. The molecule has 1 atom stereocenters. The Morgan fingerprint density at radius 3 is 2.92 bits per heavy atom. The first kappa shape index (κ1) is 17.0. The van der Waals surface area contributed by atoms with Crippen molar-refractivity contribution >= 4 is 6.09 Å². The maximum absolute atomic E-state index is 11.1. The van der Waals surface area contributed by atoms with Crippen LogP contribution in [0.15, 0.2) is 6.07 Å². The van der Waals surface area contributed by atoms with Crippen LogP contribution in [0.2, 0.25) is 0 Å². The molecule has 1 aromatic heterocycles. The van der Waals surface area contributed by atoms with E-state index in [1.54, 1.807) is 0 Å². The number of nitrogens with one attached hydrogen (secondary N) is 2. The lowest BCUT2D eigenvalue weighted by Crippen LogP contribution is -2.28. The van der Waals surface area contributed by atoms with Crippen LogP contribution < -0.4 is 15.4 Å². The summed E-state index contributed by atoms with van der Waals surface area (Å²) in [5.41, 5.74) is 3.47. The zero-order chi connectivity index (χ0) is 16.9. The zero-order valence-electron chi connectivity index (χ0n) is 14.6. The molecule has 0 aromatic carbocycles. The van der Waals surface area contributed by atoms with Gasteiger partial charge in [-0.2, -0.15) is 0 Å². The zero-order valence-corrected chi connectivity index (χ0v) is 14.6. The molecule has 0 saturated heterocycles. The van der Waals surface area contributed by atoms with E-state index in [0.29, 0.717) is 19.2 Å². The fourth-order valence-electron chi connectivity index (χ4n) is 3.11. The summed E-state index contributed by atoms with van der Waals surface area (Å²) in [7, 11) is 1.36. The molecule has 1 unspecified atom stereocenters. The van der Waals surface area contributed by atoms with Crippen molar-refractivity contribution in [3.63, 3.8) is 0 Å². The number of carbonyl (C=O) groups is 1. The first-order valence-corrected chi connectivity index (χ1v) is 8.90. The quantitative estimate of drug-likeness (QED) is 0.750. The number of fused-ring (bicyclic) bond motifs is 1. The first-order chi connectivity index (χ1) is 11.7. The Morgan fingerprint density at radius 1 is 1.38 bits per heavy atom. The van der Waals surface area contributed by atoms with E-state index in [0.717, 1.165) is 24.3 Å². The molecule has 0 radical (unpaired) electrons. The summed E-state index contributed by atoms with van der Waals surface area (Å²) < 4.78 is 10.5. The molecule has 1 heterocycles. The van der Waals surface area contributed by atoms with E-state index in [1.165, 1.54) is 44.1 Å². The molecule has 2 aliphatic carbocycles. The minimum absolute atomic E-state index is 0.236. The number of hydrogen-bond acceptors (Lipinski definition) is 5. The van der Waals surface area contributed by atoms with E-state index < -0.39 is 6.09 Å². The normalized spacial score (nSPS) is 17.8. The number of ether oxygens (including phenoxy) is 2. The maximum Gasteiger partial charge on any atom is 0.406 e. The van der Waals surface area contributed by atoms with Gasteiger partial charge in [-0.25, -0.2) is 4.79 Å². The van der Waals surface area contributed by atoms with Gasteiger partial charge >= 0.3 is 6.09 Å². The molecule has 1 saturated carbocycles. The summed E-state index contributed by atoms with van der Waals surface area (Å²) >= 11 is 0. The standard InChI is InChI=1S/C18H27N3O3/c1-12(20-13-7-8-13)16-11-17(24-10-9-19-18(22)23-2)14-5-3-4-6-15(14)21-16/h11-13,20H,3-10H2,1-2H3,(H,19,22). The molecule has 3 rings (SSSR count). The van der Waals surface area contributed by atoms with E-state index in [-0.39, 0.29) is 6.04 Å². The van der Waals surface area contributed by atoms with Crippen molar-refractivity contribution in [3.8, 4) is 5.75 Å². The number of amides is 1. The van der Waals surface area contributed by atoms with Gasteiger partial charge in [0.1, 0.15) is 12.4 Å². The Morgan fingerprint density at radius 2 is 2.17 bits per heavy atom. The van der Waals surface area contributed by atoms with Gasteiger partial charge in [0.25, 0.3) is 0 Å². The number of alkyl carbamates (subject to hydrolysis) is 1. The molecule has 2 N–H and O–H groups in total. The molecule has 0 spiro atoms. The average molecular weight is 333 g/mol. The van der Waals surface area contributed by atoms with E-state index in [2.05, 4.69) is 28.4 Å². The second-order valence-electron chi connectivity index (χ2n) is 6.61. The molecule has 6 heteroatoms. The Kier molecular flexibility index (Phi) is 5.56. The molecule has 0 aliphatic heterocycles. The summed E-state index contributed by atoms with van der Waals surface area (Å²) in [6, 6.07) is 2.95. The second-order valence-corrected chi connectivity index (χ2v) is 6.61. The van der Waals surface area contributed by atoms with Crippen molar-refractivity contribution in [2.75, 3.05) is 20.3 Å². The third-order valence-corrected chi connectivity index (χ3v) is 4.60. The number of aryl methyl sites for hydroxylation is 1. The highest BCUT2D eigenvalue weighted by molar-refractivity contribution is 5.66. The van der Waals surface area contributed by atoms with Crippen molar-refractivity contribution in [1.29, 1.82) is 0 Å². The van der Waals surface area contributed by atoms with Crippen LogP contribution in [0.3, 0.4) is 0 Å². The number of rotatable bonds is 7. The Balaban J connectivity index is 1.69. The van der Waals surface area contributed by atoms with Gasteiger partial charge in [0.05, 0.1) is 19.3 Å². The highest BCUT2D eigenvalue weighted by atomic mass is 16.5. The fourth-order valence-corrected chi connectivity index (χ4v) is 3.11. The smallest absolute Gasteiger partial charge is 0.406 e. The lowest BCUT2D eigenvalue weighted by atomic mass is 9.94.